The maximum absolute atomic E-state index is 9.39. The Morgan fingerprint density at radius 1 is 0.375 bits per heavy atom. The summed E-state index contributed by atoms with van der Waals surface area (Å²) in [5, 5.41) is 1.73. The second-order valence-corrected chi connectivity index (χ2v) is 13.1. The molecule has 56 heavy (non-hydrogen) atoms. The van der Waals surface area contributed by atoms with Gasteiger partial charge < -0.3 is 4.57 Å². The van der Waals surface area contributed by atoms with Gasteiger partial charge in [0.15, 0.2) is 11.6 Å². The van der Waals surface area contributed by atoms with Crippen LogP contribution in [0.3, 0.4) is 0 Å². The quantitative estimate of drug-likeness (QED) is 0.171. The molecular weight excluding hydrogens is 683 g/mol. The fourth-order valence-corrected chi connectivity index (χ4v) is 7.53. The monoisotopic (exact) mass is 727 g/mol. The molecule has 0 atom stereocenters. The Balaban J connectivity index is 1.28. The Morgan fingerprint density at radius 2 is 0.982 bits per heavy atom. The molecule has 3 heterocycles. The number of benzene rings is 8. The number of aromatic nitrogens is 5. The van der Waals surface area contributed by atoms with Crippen LogP contribution in [-0.4, -0.2) is 24.1 Å². The van der Waals surface area contributed by atoms with E-state index in [1.807, 2.05) is 108 Å². The van der Waals surface area contributed by atoms with Crippen LogP contribution in [-0.2, 0) is 0 Å². The molecule has 0 N–H and O–H groups in total. The third kappa shape index (κ3) is 5.13. The molecule has 262 valence electrons. The molecule has 3 aromatic heterocycles. The molecule has 0 radical (unpaired) electrons. The molecule has 0 saturated heterocycles. The lowest BCUT2D eigenvalue weighted by Crippen LogP contribution is -2.06. The predicted molar refractivity (Wildman–Crippen MR) is 230 cm³/mol. The minimum absolute atomic E-state index is 0.108. The minimum Gasteiger partial charge on any atom is -0.308 e. The summed E-state index contributed by atoms with van der Waals surface area (Å²) in [6, 6.07) is 32.6. The lowest BCUT2D eigenvalue weighted by molar-refractivity contribution is 0.953. The van der Waals surface area contributed by atoms with Crippen molar-refractivity contribution in [3.63, 3.8) is 0 Å². The third-order valence-corrected chi connectivity index (χ3v) is 9.98. The van der Waals surface area contributed by atoms with Gasteiger partial charge in [-0.2, -0.15) is 9.97 Å². The van der Waals surface area contributed by atoms with E-state index in [1.165, 1.54) is 4.57 Å². The van der Waals surface area contributed by atoms with Crippen LogP contribution in [0.25, 0.3) is 100 Å². The molecule has 0 bridgehead atoms. The Labute approximate surface area is 340 Å². The van der Waals surface area contributed by atoms with E-state index in [0.29, 0.717) is 34.3 Å². The molecule has 5 nitrogen and oxygen atoms in total. The molecule has 0 aliphatic carbocycles. The van der Waals surface area contributed by atoms with Crippen molar-refractivity contribution >= 4 is 43.6 Å². The first-order valence-corrected chi connectivity index (χ1v) is 17.9. The summed E-state index contributed by atoms with van der Waals surface area (Å²) < 4.78 is 111. The zero-order valence-electron chi connectivity index (χ0n) is 41.4. The van der Waals surface area contributed by atoms with Crippen LogP contribution in [0.5, 0.6) is 0 Å². The van der Waals surface area contributed by atoms with Gasteiger partial charge in [-0.25, -0.2) is 4.98 Å². The number of nitrogens with zero attached hydrogens (tertiary/aromatic N) is 5. The van der Waals surface area contributed by atoms with Crippen molar-refractivity contribution < 1.29 is 16.4 Å². The van der Waals surface area contributed by atoms with Gasteiger partial charge in [-0.05, 0) is 47.5 Å². The van der Waals surface area contributed by atoms with Gasteiger partial charge in [-0.15, -0.1) is 0 Å². The Bertz CT molecular complexity index is 3860. The van der Waals surface area contributed by atoms with Crippen LogP contribution in [0, 0.1) is 0 Å². The zero-order valence-corrected chi connectivity index (χ0v) is 29.4. The van der Waals surface area contributed by atoms with Crippen molar-refractivity contribution in [2.75, 3.05) is 0 Å². The minimum atomic E-state index is -0.691. The summed E-state index contributed by atoms with van der Waals surface area (Å²) >= 11 is 0. The van der Waals surface area contributed by atoms with Crippen LogP contribution in [0.1, 0.15) is 16.4 Å². The van der Waals surface area contributed by atoms with Gasteiger partial charge in [0.1, 0.15) is 0 Å². The molecule has 8 aromatic carbocycles. The Hall–Kier alpha value is -7.63. The van der Waals surface area contributed by atoms with E-state index in [4.69, 9.17) is 25.9 Å². The van der Waals surface area contributed by atoms with E-state index >= 15 is 0 Å². The molecular formula is C51H33N5. The van der Waals surface area contributed by atoms with E-state index in [9.17, 15) is 5.48 Å². The van der Waals surface area contributed by atoms with Crippen molar-refractivity contribution in [3.8, 4) is 56.7 Å². The van der Waals surface area contributed by atoms with Gasteiger partial charge in [-0.3, -0.25) is 4.57 Å². The second-order valence-electron chi connectivity index (χ2n) is 13.1. The zero-order chi connectivity index (χ0) is 47.4. The maximum atomic E-state index is 9.39. The summed E-state index contributed by atoms with van der Waals surface area (Å²) in [6.07, 6.45) is 0. The van der Waals surface area contributed by atoms with Gasteiger partial charge in [0.2, 0.25) is 5.95 Å². The number of fused-ring (bicyclic) bond motifs is 6. The average Bonchev–Trinajstić information content (AvgIpc) is 3.91. The van der Waals surface area contributed by atoms with Crippen molar-refractivity contribution in [2.24, 2.45) is 0 Å². The summed E-state index contributed by atoms with van der Waals surface area (Å²) in [7, 11) is 0. The highest BCUT2D eigenvalue weighted by atomic mass is 15.2. The van der Waals surface area contributed by atoms with E-state index in [1.54, 1.807) is 12.1 Å². The standard InChI is InChI=1S/C51H33N5/c1-4-17-34(18-5-1)38-26-16-27-42-41-25-12-13-28-44(41)55(48(38)42)47-32-31-37(33-43(47)35-19-6-2-7-20-35)50-52-49(36-21-8-3-9-22-36)53-51(54-50)56-45-29-14-10-23-39(45)40-24-11-15-30-46(40)56/h1-33H/i1D,4D,5D,12D,13D,16D,17D,18D,25D,26D,27D,28D. The summed E-state index contributed by atoms with van der Waals surface area (Å²) in [5.41, 5.74) is 3.49. The Morgan fingerprint density at radius 3 is 1.71 bits per heavy atom. The lowest BCUT2D eigenvalue weighted by Gasteiger charge is -2.17. The topological polar surface area (TPSA) is 48.5 Å². The van der Waals surface area contributed by atoms with Crippen molar-refractivity contribution in [1.82, 2.24) is 24.1 Å². The van der Waals surface area contributed by atoms with Crippen LogP contribution in [0.15, 0.2) is 200 Å². The van der Waals surface area contributed by atoms with Crippen LogP contribution >= 0.6 is 0 Å². The molecule has 0 aliphatic rings. The highest BCUT2D eigenvalue weighted by Crippen LogP contribution is 2.42. The largest absolute Gasteiger partial charge is 0.308 e. The first-order valence-electron chi connectivity index (χ1n) is 23.9. The summed E-state index contributed by atoms with van der Waals surface area (Å²) in [5.74, 6) is 1.05. The molecule has 0 aliphatic heterocycles. The molecule has 0 amide bonds. The Kier molecular flexibility index (Phi) is 5.10. The summed E-state index contributed by atoms with van der Waals surface area (Å²) in [4.78, 5) is 15.2. The fourth-order valence-electron chi connectivity index (χ4n) is 7.53. The molecule has 0 spiro atoms. The maximum Gasteiger partial charge on any atom is 0.238 e. The van der Waals surface area contributed by atoms with E-state index in [0.717, 1.165) is 27.4 Å². The predicted octanol–water partition coefficient (Wildman–Crippen LogP) is 12.7. The van der Waals surface area contributed by atoms with Crippen LogP contribution in [0.2, 0.25) is 0 Å². The first kappa shape index (κ1) is 21.9. The number of hydrogen-bond acceptors (Lipinski definition) is 3. The normalized spacial score (nSPS) is 14.6. The van der Waals surface area contributed by atoms with Gasteiger partial charge in [-0.1, -0.05) is 164 Å². The molecule has 11 rings (SSSR count). The lowest BCUT2D eigenvalue weighted by atomic mass is 9.99. The highest BCUT2D eigenvalue weighted by Gasteiger charge is 2.22. The van der Waals surface area contributed by atoms with Crippen LogP contribution in [0.4, 0.5) is 0 Å². The number of para-hydroxylation sites is 4. The SMILES string of the molecule is [2H]c1c([2H])c([2H])c(-c2c([2H])c([2H])c([2H])c3c4c([2H])c([2H])c([2H])c([2H])c4n(-c4ccc(-c5nc(-c6ccccc6)nc(-n6c7ccccc7c7ccccc76)n5)cc4-c4ccccc4)c23)c([2H])c1[2H]. The van der Waals surface area contributed by atoms with E-state index in [2.05, 4.69) is 12.1 Å². The first-order chi connectivity index (χ1) is 32.8. The van der Waals surface area contributed by atoms with Gasteiger partial charge in [0.05, 0.1) is 44.2 Å². The van der Waals surface area contributed by atoms with Crippen molar-refractivity contribution in [1.29, 1.82) is 0 Å². The smallest absolute Gasteiger partial charge is 0.238 e. The van der Waals surface area contributed by atoms with Crippen LogP contribution < -0.4 is 0 Å². The van der Waals surface area contributed by atoms with Crippen molar-refractivity contribution in [2.45, 2.75) is 0 Å². The molecule has 0 saturated carbocycles. The van der Waals surface area contributed by atoms with Gasteiger partial charge in [0.25, 0.3) is 0 Å². The molecule has 0 unspecified atom stereocenters. The molecule has 5 heteroatoms. The fraction of sp³-hybridized carbons (Fsp3) is 0. The van der Waals surface area contributed by atoms with E-state index in [-0.39, 0.29) is 33.1 Å². The second kappa shape index (κ2) is 13.0. The number of rotatable bonds is 6. The molecule has 11 aromatic rings. The third-order valence-electron chi connectivity index (χ3n) is 9.98. The number of hydrogen-bond donors (Lipinski definition) is 0. The van der Waals surface area contributed by atoms with E-state index < -0.39 is 78.1 Å². The summed E-state index contributed by atoms with van der Waals surface area (Å²) in [6.45, 7) is 0. The van der Waals surface area contributed by atoms with Gasteiger partial charge >= 0.3 is 0 Å². The molecule has 0 fully saturated rings. The van der Waals surface area contributed by atoms with Gasteiger partial charge in [0, 0.05) is 43.8 Å². The average molecular weight is 728 g/mol. The highest BCUT2D eigenvalue weighted by molar-refractivity contribution is 6.14. The van der Waals surface area contributed by atoms with Crippen molar-refractivity contribution in [3.05, 3.63) is 200 Å².